The average Bonchev–Trinajstić information content (AvgIpc) is 2.81. The highest BCUT2D eigenvalue weighted by atomic mass is 16.1. The molecular weight excluding hydrogens is 268 g/mol. The first kappa shape index (κ1) is 15.0. The first-order valence-corrected chi connectivity index (χ1v) is 6.95. The van der Waals surface area contributed by atoms with Gasteiger partial charge in [0.15, 0.2) is 5.69 Å². The molecular formula is C14H20N6O. The van der Waals surface area contributed by atoms with Crippen LogP contribution in [0.5, 0.6) is 0 Å². The van der Waals surface area contributed by atoms with Gasteiger partial charge >= 0.3 is 0 Å². The van der Waals surface area contributed by atoms with E-state index < -0.39 is 0 Å². The quantitative estimate of drug-likeness (QED) is 0.836. The number of nitrogens with one attached hydrogen (secondary N) is 2. The van der Waals surface area contributed by atoms with E-state index in [1.54, 1.807) is 16.8 Å². The van der Waals surface area contributed by atoms with Crippen molar-refractivity contribution in [2.75, 3.05) is 11.9 Å². The van der Waals surface area contributed by atoms with Crippen molar-refractivity contribution in [1.82, 2.24) is 25.3 Å². The number of amides is 1. The van der Waals surface area contributed by atoms with Crippen molar-refractivity contribution in [3.8, 4) is 0 Å². The average molecular weight is 288 g/mol. The van der Waals surface area contributed by atoms with Gasteiger partial charge in [-0.2, -0.15) is 5.10 Å². The first-order valence-electron chi connectivity index (χ1n) is 6.95. The fraction of sp³-hybridized carbons (Fsp3) is 0.429. The predicted octanol–water partition coefficient (Wildman–Crippen LogP) is 1.27. The van der Waals surface area contributed by atoms with Gasteiger partial charge in [0.2, 0.25) is 0 Å². The fourth-order valence-electron chi connectivity index (χ4n) is 1.89. The number of rotatable bonds is 6. The molecule has 0 saturated heterocycles. The zero-order valence-corrected chi connectivity index (χ0v) is 12.6. The van der Waals surface area contributed by atoms with Crippen molar-refractivity contribution in [2.45, 2.75) is 26.8 Å². The minimum Gasteiger partial charge on any atom is -0.369 e. The van der Waals surface area contributed by atoms with Gasteiger partial charge in [-0.1, -0.05) is 6.92 Å². The molecule has 0 aliphatic rings. The van der Waals surface area contributed by atoms with Gasteiger partial charge in [0.25, 0.3) is 5.91 Å². The molecule has 0 atom stereocenters. The number of aryl methyl sites for hydroxylation is 2. The van der Waals surface area contributed by atoms with Crippen molar-refractivity contribution in [1.29, 1.82) is 0 Å². The van der Waals surface area contributed by atoms with Crippen LogP contribution >= 0.6 is 0 Å². The standard InChI is InChI=1S/C14H20N6O/c1-4-7-15-13-6-5-12(17-18-13)14(21)16-8-11-9-20(3)19-10(11)2/h5-6,9H,4,7-8H2,1-3H3,(H,15,18)(H,16,21). The SMILES string of the molecule is CCCNc1ccc(C(=O)NCc2cn(C)nc2C)nn1. The number of nitrogens with zero attached hydrogens (tertiary/aromatic N) is 4. The Kier molecular flexibility index (Phi) is 4.86. The second kappa shape index (κ2) is 6.83. The lowest BCUT2D eigenvalue weighted by Crippen LogP contribution is -2.24. The Labute approximate surface area is 123 Å². The van der Waals surface area contributed by atoms with Crippen LogP contribution in [-0.2, 0) is 13.6 Å². The monoisotopic (exact) mass is 288 g/mol. The third-order valence-corrected chi connectivity index (χ3v) is 3.01. The van der Waals surface area contributed by atoms with Crippen LogP contribution in [0.4, 0.5) is 5.82 Å². The zero-order chi connectivity index (χ0) is 15.2. The summed E-state index contributed by atoms with van der Waals surface area (Å²) in [6.07, 6.45) is 2.90. The van der Waals surface area contributed by atoms with Crippen LogP contribution in [0, 0.1) is 6.92 Å². The summed E-state index contributed by atoms with van der Waals surface area (Å²) in [7, 11) is 1.85. The van der Waals surface area contributed by atoms with Crippen LogP contribution in [0.3, 0.4) is 0 Å². The van der Waals surface area contributed by atoms with Gasteiger partial charge in [0, 0.05) is 31.9 Å². The van der Waals surface area contributed by atoms with Crippen molar-refractivity contribution in [2.24, 2.45) is 7.05 Å². The maximum atomic E-state index is 12.0. The molecule has 1 amide bonds. The van der Waals surface area contributed by atoms with E-state index in [-0.39, 0.29) is 5.91 Å². The molecule has 0 aromatic carbocycles. The van der Waals surface area contributed by atoms with Gasteiger partial charge in [0.1, 0.15) is 5.82 Å². The third kappa shape index (κ3) is 4.01. The third-order valence-electron chi connectivity index (χ3n) is 3.01. The maximum absolute atomic E-state index is 12.0. The van der Waals surface area contributed by atoms with E-state index >= 15 is 0 Å². The minimum atomic E-state index is -0.243. The van der Waals surface area contributed by atoms with Crippen molar-refractivity contribution >= 4 is 11.7 Å². The largest absolute Gasteiger partial charge is 0.369 e. The smallest absolute Gasteiger partial charge is 0.272 e. The van der Waals surface area contributed by atoms with Gasteiger partial charge in [-0.3, -0.25) is 9.48 Å². The fourth-order valence-corrected chi connectivity index (χ4v) is 1.89. The highest BCUT2D eigenvalue weighted by molar-refractivity contribution is 5.92. The Hall–Kier alpha value is -2.44. The molecule has 0 fully saturated rings. The van der Waals surface area contributed by atoms with E-state index in [0.717, 1.165) is 24.2 Å². The summed E-state index contributed by atoms with van der Waals surface area (Å²) in [6, 6.07) is 3.42. The lowest BCUT2D eigenvalue weighted by atomic mass is 10.2. The van der Waals surface area contributed by atoms with Gasteiger partial charge in [0.05, 0.1) is 5.69 Å². The summed E-state index contributed by atoms with van der Waals surface area (Å²) in [5, 5.41) is 18.1. The Morgan fingerprint density at radius 2 is 2.14 bits per heavy atom. The van der Waals surface area contributed by atoms with E-state index in [2.05, 4.69) is 32.9 Å². The van der Waals surface area contributed by atoms with Crippen LogP contribution < -0.4 is 10.6 Å². The summed E-state index contributed by atoms with van der Waals surface area (Å²) in [6.45, 7) is 5.24. The Morgan fingerprint density at radius 3 is 2.71 bits per heavy atom. The summed E-state index contributed by atoms with van der Waals surface area (Å²) >= 11 is 0. The molecule has 112 valence electrons. The second-order valence-electron chi connectivity index (χ2n) is 4.83. The summed E-state index contributed by atoms with van der Waals surface area (Å²) in [5.41, 5.74) is 2.20. The lowest BCUT2D eigenvalue weighted by molar-refractivity contribution is 0.0945. The van der Waals surface area contributed by atoms with E-state index in [0.29, 0.717) is 18.1 Å². The molecule has 0 bridgehead atoms. The van der Waals surface area contributed by atoms with Crippen molar-refractivity contribution < 1.29 is 4.79 Å². The molecule has 0 aliphatic heterocycles. The molecule has 0 unspecified atom stereocenters. The highest BCUT2D eigenvalue weighted by Crippen LogP contribution is 2.05. The van der Waals surface area contributed by atoms with E-state index in [1.165, 1.54) is 0 Å². The summed E-state index contributed by atoms with van der Waals surface area (Å²) in [4.78, 5) is 12.0. The molecule has 0 saturated carbocycles. The Balaban J connectivity index is 1.92. The molecule has 0 radical (unpaired) electrons. The molecule has 2 aromatic rings. The van der Waals surface area contributed by atoms with Crippen LogP contribution in [0.25, 0.3) is 0 Å². The topological polar surface area (TPSA) is 84.7 Å². The first-order chi connectivity index (χ1) is 10.1. The highest BCUT2D eigenvalue weighted by Gasteiger charge is 2.10. The zero-order valence-electron chi connectivity index (χ0n) is 12.6. The number of aromatic nitrogens is 4. The number of anilines is 1. The van der Waals surface area contributed by atoms with Crippen LogP contribution in [-0.4, -0.2) is 32.4 Å². The van der Waals surface area contributed by atoms with Gasteiger partial charge in [-0.25, -0.2) is 0 Å². The van der Waals surface area contributed by atoms with Crippen LogP contribution in [0.1, 0.15) is 35.1 Å². The van der Waals surface area contributed by atoms with E-state index in [9.17, 15) is 4.79 Å². The van der Waals surface area contributed by atoms with E-state index in [1.807, 2.05) is 20.2 Å². The van der Waals surface area contributed by atoms with Gasteiger partial charge in [-0.15, -0.1) is 10.2 Å². The normalized spacial score (nSPS) is 10.4. The number of carbonyl (C=O) groups is 1. The molecule has 7 heteroatoms. The Bertz CT molecular complexity index is 604. The number of hydrogen-bond donors (Lipinski definition) is 2. The van der Waals surface area contributed by atoms with Crippen molar-refractivity contribution in [3.05, 3.63) is 35.3 Å². The molecule has 21 heavy (non-hydrogen) atoms. The van der Waals surface area contributed by atoms with Crippen LogP contribution in [0.15, 0.2) is 18.3 Å². The number of carbonyl (C=O) groups excluding carboxylic acids is 1. The van der Waals surface area contributed by atoms with Gasteiger partial charge in [-0.05, 0) is 25.5 Å². The Morgan fingerprint density at radius 1 is 1.33 bits per heavy atom. The van der Waals surface area contributed by atoms with Crippen molar-refractivity contribution in [3.63, 3.8) is 0 Å². The summed E-state index contributed by atoms with van der Waals surface area (Å²) < 4.78 is 1.73. The number of hydrogen-bond acceptors (Lipinski definition) is 5. The predicted molar refractivity (Wildman–Crippen MR) is 79.9 cm³/mol. The molecule has 0 spiro atoms. The molecule has 2 aromatic heterocycles. The van der Waals surface area contributed by atoms with Crippen LogP contribution in [0.2, 0.25) is 0 Å². The van der Waals surface area contributed by atoms with Gasteiger partial charge < -0.3 is 10.6 Å². The lowest BCUT2D eigenvalue weighted by Gasteiger charge is -2.05. The van der Waals surface area contributed by atoms with E-state index in [4.69, 9.17) is 0 Å². The maximum Gasteiger partial charge on any atom is 0.272 e. The molecule has 2 rings (SSSR count). The molecule has 2 N–H and O–H groups in total. The summed E-state index contributed by atoms with van der Waals surface area (Å²) in [5.74, 6) is 0.435. The molecule has 2 heterocycles. The second-order valence-corrected chi connectivity index (χ2v) is 4.83. The molecule has 0 aliphatic carbocycles. The molecule has 7 nitrogen and oxygen atoms in total. The minimum absolute atomic E-state index is 0.243.